The lowest BCUT2D eigenvalue weighted by Gasteiger charge is -2.10. The van der Waals surface area contributed by atoms with Gasteiger partial charge in [-0.2, -0.15) is 0 Å². The zero-order valence-electron chi connectivity index (χ0n) is 13.2. The first kappa shape index (κ1) is 14.7. The van der Waals surface area contributed by atoms with Crippen molar-refractivity contribution in [2.45, 2.75) is 37.8 Å². The van der Waals surface area contributed by atoms with Crippen molar-refractivity contribution < 1.29 is 9.94 Å². The molecule has 0 spiro atoms. The van der Waals surface area contributed by atoms with Gasteiger partial charge in [0.1, 0.15) is 12.7 Å². The first-order valence-electron chi connectivity index (χ1n) is 8.42. The summed E-state index contributed by atoms with van der Waals surface area (Å²) < 4.78 is 0. The smallest absolute Gasteiger partial charge is 0.144 e. The third kappa shape index (κ3) is 3.23. The number of hydrogen-bond acceptors (Lipinski definition) is 4. The van der Waals surface area contributed by atoms with E-state index in [1.165, 1.54) is 34.7 Å². The van der Waals surface area contributed by atoms with E-state index in [1.54, 1.807) is 0 Å². The molecule has 2 aromatic carbocycles. The minimum absolute atomic E-state index is 0.242. The molecule has 0 saturated heterocycles. The fourth-order valence-electron chi connectivity index (χ4n) is 3.20. The van der Waals surface area contributed by atoms with Crippen LogP contribution in [0.1, 0.15) is 30.4 Å². The lowest BCUT2D eigenvalue weighted by Crippen LogP contribution is -2.31. The number of nitrogens with one attached hydrogen (secondary N) is 1. The molecule has 2 aliphatic rings. The molecule has 0 heterocycles. The molecule has 2 aliphatic carbocycles. The summed E-state index contributed by atoms with van der Waals surface area (Å²) in [5.41, 5.74) is 3.55. The fourth-order valence-corrected chi connectivity index (χ4v) is 3.20. The summed E-state index contributed by atoms with van der Waals surface area (Å²) >= 11 is 0. The SMILES string of the molecule is OC(CNC1CC1)CO/N=C1\CCc2c1ccc1ccccc21. The molecule has 1 atom stereocenters. The second kappa shape index (κ2) is 6.30. The Labute approximate surface area is 136 Å². The van der Waals surface area contributed by atoms with E-state index < -0.39 is 6.10 Å². The Hall–Kier alpha value is -1.91. The number of aliphatic hydroxyl groups excluding tert-OH is 1. The van der Waals surface area contributed by atoms with Gasteiger partial charge in [0.05, 0.1) is 5.71 Å². The molecule has 1 fully saturated rings. The van der Waals surface area contributed by atoms with Crippen molar-refractivity contribution in [3.63, 3.8) is 0 Å². The Morgan fingerprint density at radius 3 is 2.91 bits per heavy atom. The standard InChI is InChI=1S/C19H22N2O2/c22-15(11-20-14-6-7-14)12-23-21-19-10-9-17-16-4-2-1-3-13(16)5-8-18(17)19/h1-5,8,14-15,20,22H,6-7,9-12H2/b21-19+. The minimum atomic E-state index is -0.502. The van der Waals surface area contributed by atoms with Crippen molar-refractivity contribution >= 4 is 16.5 Å². The van der Waals surface area contributed by atoms with Crippen molar-refractivity contribution in [3.8, 4) is 0 Å². The van der Waals surface area contributed by atoms with Gasteiger partial charge < -0.3 is 15.3 Å². The maximum absolute atomic E-state index is 9.88. The average molecular weight is 310 g/mol. The third-order valence-electron chi connectivity index (χ3n) is 4.62. The number of rotatable bonds is 6. The molecule has 2 N–H and O–H groups in total. The van der Waals surface area contributed by atoms with Gasteiger partial charge in [0.25, 0.3) is 0 Å². The number of nitrogens with zero attached hydrogens (tertiary/aromatic N) is 1. The van der Waals surface area contributed by atoms with Crippen LogP contribution in [0, 0.1) is 0 Å². The minimum Gasteiger partial charge on any atom is -0.393 e. The monoisotopic (exact) mass is 310 g/mol. The first-order chi connectivity index (χ1) is 11.3. The first-order valence-corrected chi connectivity index (χ1v) is 8.42. The van der Waals surface area contributed by atoms with Crippen LogP contribution in [-0.2, 0) is 11.3 Å². The molecule has 0 amide bonds. The zero-order valence-corrected chi connectivity index (χ0v) is 13.2. The topological polar surface area (TPSA) is 53.8 Å². The van der Waals surface area contributed by atoms with Gasteiger partial charge in [-0.05, 0) is 42.0 Å². The van der Waals surface area contributed by atoms with E-state index in [0.29, 0.717) is 12.6 Å². The summed E-state index contributed by atoms with van der Waals surface area (Å²) in [5, 5.41) is 20.0. The van der Waals surface area contributed by atoms with E-state index in [9.17, 15) is 5.11 Å². The summed E-state index contributed by atoms with van der Waals surface area (Å²) in [6, 6.07) is 13.3. The van der Waals surface area contributed by atoms with Crippen LogP contribution in [0.2, 0.25) is 0 Å². The highest BCUT2D eigenvalue weighted by Crippen LogP contribution is 2.30. The van der Waals surface area contributed by atoms with E-state index in [0.717, 1.165) is 18.6 Å². The van der Waals surface area contributed by atoms with E-state index in [-0.39, 0.29) is 6.61 Å². The normalized spacial score (nSPS) is 20.0. The van der Waals surface area contributed by atoms with Crippen LogP contribution >= 0.6 is 0 Å². The Bertz CT molecular complexity index is 737. The number of benzene rings is 2. The molecular weight excluding hydrogens is 288 g/mol. The van der Waals surface area contributed by atoms with Crippen LogP contribution in [0.25, 0.3) is 10.8 Å². The number of oxime groups is 1. The van der Waals surface area contributed by atoms with Gasteiger partial charge in [-0.25, -0.2) is 0 Å². The van der Waals surface area contributed by atoms with E-state index in [2.05, 4.69) is 46.9 Å². The molecule has 4 heteroatoms. The second-order valence-electron chi connectivity index (χ2n) is 6.48. The highest BCUT2D eigenvalue weighted by atomic mass is 16.6. The van der Waals surface area contributed by atoms with E-state index in [1.807, 2.05) is 0 Å². The Kier molecular flexibility index (Phi) is 4.02. The van der Waals surface area contributed by atoms with Crippen LogP contribution in [0.3, 0.4) is 0 Å². The van der Waals surface area contributed by atoms with Gasteiger partial charge >= 0.3 is 0 Å². The summed E-state index contributed by atoms with van der Waals surface area (Å²) in [5.74, 6) is 0. The average Bonchev–Trinajstić information content (AvgIpc) is 3.32. The molecule has 1 unspecified atom stereocenters. The molecule has 0 radical (unpaired) electrons. The van der Waals surface area contributed by atoms with Gasteiger partial charge in [-0.3, -0.25) is 0 Å². The Morgan fingerprint density at radius 2 is 2.04 bits per heavy atom. The van der Waals surface area contributed by atoms with Gasteiger partial charge in [0.2, 0.25) is 0 Å². The molecule has 0 aromatic heterocycles. The Morgan fingerprint density at radius 1 is 1.17 bits per heavy atom. The van der Waals surface area contributed by atoms with Gasteiger partial charge in [0, 0.05) is 18.2 Å². The second-order valence-corrected chi connectivity index (χ2v) is 6.48. The van der Waals surface area contributed by atoms with Crippen LogP contribution in [0.15, 0.2) is 41.6 Å². The van der Waals surface area contributed by atoms with Gasteiger partial charge in [-0.15, -0.1) is 0 Å². The molecule has 23 heavy (non-hydrogen) atoms. The zero-order chi connectivity index (χ0) is 15.6. The number of aliphatic hydroxyl groups is 1. The van der Waals surface area contributed by atoms with Crippen LogP contribution < -0.4 is 5.32 Å². The van der Waals surface area contributed by atoms with Crippen molar-refractivity contribution in [1.29, 1.82) is 0 Å². The molecule has 0 aliphatic heterocycles. The van der Waals surface area contributed by atoms with Gasteiger partial charge in [0.15, 0.2) is 0 Å². The molecule has 4 rings (SSSR count). The summed E-state index contributed by atoms with van der Waals surface area (Å²) in [6.45, 7) is 0.822. The quantitative estimate of drug-likeness (QED) is 0.807. The van der Waals surface area contributed by atoms with E-state index in [4.69, 9.17) is 4.84 Å². The third-order valence-corrected chi connectivity index (χ3v) is 4.62. The molecular formula is C19H22N2O2. The molecule has 0 bridgehead atoms. The maximum atomic E-state index is 9.88. The van der Waals surface area contributed by atoms with Crippen LogP contribution in [0.5, 0.6) is 0 Å². The largest absolute Gasteiger partial charge is 0.393 e. The number of aryl methyl sites for hydroxylation is 1. The van der Waals surface area contributed by atoms with Crippen molar-refractivity contribution in [2.75, 3.05) is 13.2 Å². The van der Waals surface area contributed by atoms with Crippen LogP contribution in [0.4, 0.5) is 0 Å². The lowest BCUT2D eigenvalue weighted by atomic mass is 10.0. The highest BCUT2D eigenvalue weighted by Gasteiger charge is 2.22. The van der Waals surface area contributed by atoms with E-state index >= 15 is 0 Å². The molecule has 1 saturated carbocycles. The fraction of sp³-hybridized carbons (Fsp3) is 0.421. The highest BCUT2D eigenvalue weighted by molar-refractivity contribution is 6.08. The number of hydrogen-bond donors (Lipinski definition) is 2. The summed E-state index contributed by atoms with van der Waals surface area (Å²) in [6.07, 6.45) is 3.85. The predicted octanol–water partition coefficient (Wildman–Crippen LogP) is 2.62. The Balaban J connectivity index is 1.42. The molecule has 4 nitrogen and oxygen atoms in total. The van der Waals surface area contributed by atoms with Crippen molar-refractivity contribution in [2.24, 2.45) is 5.16 Å². The maximum Gasteiger partial charge on any atom is 0.144 e. The van der Waals surface area contributed by atoms with Crippen molar-refractivity contribution in [3.05, 3.63) is 47.5 Å². The molecule has 120 valence electrons. The van der Waals surface area contributed by atoms with Crippen molar-refractivity contribution in [1.82, 2.24) is 5.32 Å². The van der Waals surface area contributed by atoms with Crippen LogP contribution in [-0.4, -0.2) is 36.1 Å². The number of fused-ring (bicyclic) bond motifs is 3. The summed E-state index contributed by atoms with van der Waals surface area (Å²) in [4.78, 5) is 5.40. The lowest BCUT2D eigenvalue weighted by molar-refractivity contribution is 0.0401. The van der Waals surface area contributed by atoms with Gasteiger partial charge in [-0.1, -0.05) is 41.6 Å². The predicted molar refractivity (Wildman–Crippen MR) is 91.8 cm³/mol. The molecule has 2 aromatic rings. The summed E-state index contributed by atoms with van der Waals surface area (Å²) in [7, 11) is 0.